The van der Waals surface area contributed by atoms with Gasteiger partial charge in [-0.2, -0.15) is 0 Å². The average molecular weight is 358 g/mol. The van der Waals surface area contributed by atoms with Crippen molar-refractivity contribution in [2.24, 2.45) is 5.92 Å². The number of fused-ring (bicyclic) bond motifs is 1. The molecular formula is C21H30N2O3. The molecule has 2 aromatic rings. The number of benzene rings is 1. The molecule has 1 saturated heterocycles. The minimum absolute atomic E-state index is 0.0855. The second kappa shape index (κ2) is 7.80. The van der Waals surface area contributed by atoms with Crippen LogP contribution in [0, 0.1) is 5.92 Å². The highest BCUT2D eigenvalue weighted by molar-refractivity contribution is 5.99. The van der Waals surface area contributed by atoms with Crippen LogP contribution in [0.1, 0.15) is 49.7 Å². The van der Waals surface area contributed by atoms with E-state index in [0.717, 1.165) is 24.0 Å². The number of piperidine rings is 1. The highest BCUT2D eigenvalue weighted by Gasteiger charge is 2.31. The van der Waals surface area contributed by atoms with Gasteiger partial charge in [0, 0.05) is 36.7 Å². The summed E-state index contributed by atoms with van der Waals surface area (Å²) < 4.78 is 11.1. The number of carbonyl (C=O) groups excluding carboxylic acids is 1. The molecule has 1 aromatic carbocycles. The minimum Gasteiger partial charge on any atom is -0.451 e. The number of amides is 1. The normalized spacial score (nSPS) is 19.0. The number of furan rings is 1. The minimum atomic E-state index is -0.175. The third-order valence-corrected chi connectivity index (χ3v) is 5.39. The first-order valence-electron chi connectivity index (χ1n) is 9.45. The van der Waals surface area contributed by atoms with Crippen molar-refractivity contribution in [3.05, 3.63) is 35.6 Å². The number of para-hydroxylation sites is 1. The predicted molar refractivity (Wildman–Crippen MR) is 103 cm³/mol. The summed E-state index contributed by atoms with van der Waals surface area (Å²) >= 11 is 0. The van der Waals surface area contributed by atoms with Gasteiger partial charge in [0.25, 0.3) is 5.91 Å². The van der Waals surface area contributed by atoms with Gasteiger partial charge in [0.1, 0.15) is 5.58 Å². The lowest BCUT2D eigenvalue weighted by Gasteiger charge is -2.43. The Morgan fingerprint density at radius 2 is 2.15 bits per heavy atom. The van der Waals surface area contributed by atoms with Crippen molar-refractivity contribution >= 4 is 16.9 Å². The van der Waals surface area contributed by atoms with Gasteiger partial charge in [-0.1, -0.05) is 25.1 Å². The first kappa shape index (κ1) is 18.9. The number of hydrogen-bond acceptors (Lipinski definition) is 4. The Balaban J connectivity index is 1.73. The van der Waals surface area contributed by atoms with Gasteiger partial charge in [0.2, 0.25) is 0 Å². The molecule has 5 nitrogen and oxygen atoms in total. The van der Waals surface area contributed by atoms with Crippen LogP contribution in [-0.2, 0) is 11.3 Å². The van der Waals surface area contributed by atoms with Crippen molar-refractivity contribution in [3.8, 4) is 0 Å². The van der Waals surface area contributed by atoms with Crippen molar-refractivity contribution in [2.45, 2.75) is 45.8 Å². The molecule has 1 aliphatic heterocycles. The summed E-state index contributed by atoms with van der Waals surface area (Å²) in [6, 6.07) is 7.69. The fourth-order valence-electron chi connectivity index (χ4n) is 3.80. The van der Waals surface area contributed by atoms with Crippen LogP contribution in [0.15, 0.2) is 28.7 Å². The number of likely N-dealkylation sites (tertiary alicyclic amines) is 1. The summed E-state index contributed by atoms with van der Waals surface area (Å²) in [5, 5.41) is 4.02. The second-order valence-electron chi connectivity index (χ2n) is 8.03. The Labute approximate surface area is 155 Å². The molecule has 1 N–H and O–H groups in total. The van der Waals surface area contributed by atoms with Crippen LogP contribution < -0.4 is 5.32 Å². The summed E-state index contributed by atoms with van der Waals surface area (Å²) in [6.07, 6.45) is 2.51. The Morgan fingerprint density at radius 1 is 1.38 bits per heavy atom. The van der Waals surface area contributed by atoms with E-state index >= 15 is 0 Å². The van der Waals surface area contributed by atoms with E-state index in [0.29, 0.717) is 30.4 Å². The van der Waals surface area contributed by atoms with Gasteiger partial charge in [-0.15, -0.1) is 0 Å². The number of methoxy groups -OCH3 is 1. The molecule has 2 heterocycles. The fraction of sp³-hybridized carbons (Fsp3) is 0.571. The Morgan fingerprint density at radius 3 is 2.88 bits per heavy atom. The average Bonchev–Trinajstić information content (AvgIpc) is 2.99. The Kier molecular flexibility index (Phi) is 5.68. The predicted octanol–water partition coefficient (Wildman–Crippen LogP) is 3.82. The first-order valence-corrected chi connectivity index (χ1v) is 9.45. The molecule has 1 aromatic heterocycles. The zero-order valence-electron chi connectivity index (χ0n) is 16.3. The molecule has 0 spiro atoms. The molecule has 1 aliphatic rings. The Bertz CT molecular complexity index is 766. The van der Waals surface area contributed by atoms with E-state index in [-0.39, 0.29) is 11.4 Å². The van der Waals surface area contributed by atoms with Crippen molar-refractivity contribution in [1.29, 1.82) is 0 Å². The molecule has 0 aliphatic carbocycles. The highest BCUT2D eigenvalue weighted by atomic mass is 16.5. The number of nitrogens with one attached hydrogen (secondary N) is 1. The molecule has 5 heteroatoms. The zero-order valence-corrected chi connectivity index (χ0v) is 16.3. The molecule has 1 unspecified atom stereocenters. The monoisotopic (exact) mass is 358 g/mol. The van der Waals surface area contributed by atoms with Gasteiger partial charge in [-0.3, -0.25) is 9.69 Å². The van der Waals surface area contributed by atoms with Gasteiger partial charge in [0.15, 0.2) is 5.76 Å². The van der Waals surface area contributed by atoms with Crippen molar-refractivity contribution in [3.63, 3.8) is 0 Å². The van der Waals surface area contributed by atoms with Crippen molar-refractivity contribution < 1.29 is 13.9 Å². The van der Waals surface area contributed by atoms with Gasteiger partial charge < -0.3 is 14.5 Å². The zero-order chi connectivity index (χ0) is 18.7. The summed E-state index contributed by atoms with van der Waals surface area (Å²) in [5.74, 6) is 0.893. The van der Waals surface area contributed by atoms with Gasteiger partial charge in [-0.25, -0.2) is 0 Å². The molecule has 26 heavy (non-hydrogen) atoms. The molecule has 1 amide bonds. The first-order chi connectivity index (χ1) is 12.4. The van der Waals surface area contributed by atoms with Crippen LogP contribution in [0.25, 0.3) is 11.0 Å². The number of carbonyl (C=O) groups is 1. The van der Waals surface area contributed by atoms with Crippen molar-refractivity contribution in [1.82, 2.24) is 10.2 Å². The third-order valence-electron chi connectivity index (χ3n) is 5.39. The lowest BCUT2D eigenvalue weighted by Crippen LogP contribution is -2.54. The van der Waals surface area contributed by atoms with E-state index in [1.54, 1.807) is 7.11 Å². The van der Waals surface area contributed by atoms with Crippen LogP contribution >= 0.6 is 0 Å². The topological polar surface area (TPSA) is 54.7 Å². The summed E-state index contributed by atoms with van der Waals surface area (Å²) in [5.41, 5.74) is 1.44. The Hall–Kier alpha value is -1.85. The van der Waals surface area contributed by atoms with Gasteiger partial charge in [0.05, 0.1) is 6.61 Å². The maximum atomic E-state index is 12.8. The van der Waals surface area contributed by atoms with Gasteiger partial charge in [-0.05, 0) is 45.2 Å². The fourth-order valence-corrected chi connectivity index (χ4v) is 3.80. The maximum Gasteiger partial charge on any atom is 0.287 e. The van der Waals surface area contributed by atoms with E-state index in [9.17, 15) is 4.79 Å². The molecule has 0 bridgehead atoms. The van der Waals surface area contributed by atoms with Crippen molar-refractivity contribution in [2.75, 3.05) is 26.7 Å². The van der Waals surface area contributed by atoms with E-state index in [1.165, 1.54) is 12.8 Å². The van der Waals surface area contributed by atoms with E-state index < -0.39 is 0 Å². The third kappa shape index (κ3) is 3.94. The second-order valence-corrected chi connectivity index (χ2v) is 8.03. The quantitative estimate of drug-likeness (QED) is 0.853. The standard InChI is InChI=1S/C21H30N2O3/c1-15-8-7-11-23(12-15)21(2,3)14-22-20(24)19-17(13-25-4)16-9-5-6-10-18(16)26-19/h5-6,9-10,15H,7-8,11-14H2,1-4H3,(H,22,24). The number of hydrogen-bond donors (Lipinski definition) is 1. The summed E-state index contributed by atoms with van der Waals surface area (Å²) in [7, 11) is 1.63. The SMILES string of the molecule is COCc1c(C(=O)NCC(C)(C)N2CCCC(C)C2)oc2ccccc12. The van der Waals surface area contributed by atoms with Crippen LogP contribution in [0.5, 0.6) is 0 Å². The largest absolute Gasteiger partial charge is 0.451 e. The summed E-state index contributed by atoms with van der Waals surface area (Å²) in [4.78, 5) is 15.3. The lowest BCUT2D eigenvalue weighted by molar-refractivity contribution is 0.0647. The molecule has 142 valence electrons. The number of rotatable bonds is 6. The number of nitrogens with zero attached hydrogens (tertiary/aromatic N) is 1. The van der Waals surface area contributed by atoms with Crippen LogP contribution in [0.2, 0.25) is 0 Å². The highest BCUT2D eigenvalue weighted by Crippen LogP contribution is 2.27. The molecule has 1 atom stereocenters. The molecular weight excluding hydrogens is 328 g/mol. The van der Waals surface area contributed by atoms with Crippen LogP contribution in [-0.4, -0.2) is 43.1 Å². The van der Waals surface area contributed by atoms with Gasteiger partial charge >= 0.3 is 0 Å². The van der Waals surface area contributed by atoms with Crippen LogP contribution in [0.4, 0.5) is 0 Å². The van der Waals surface area contributed by atoms with E-state index in [1.807, 2.05) is 24.3 Å². The molecule has 0 radical (unpaired) electrons. The van der Waals surface area contributed by atoms with E-state index in [4.69, 9.17) is 9.15 Å². The summed E-state index contributed by atoms with van der Waals surface area (Å²) in [6.45, 7) is 9.80. The molecule has 0 saturated carbocycles. The van der Waals surface area contributed by atoms with Crippen LogP contribution in [0.3, 0.4) is 0 Å². The lowest BCUT2D eigenvalue weighted by atomic mass is 9.93. The molecule has 3 rings (SSSR count). The maximum absolute atomic E-state index is 12.8. The smallest absolute Gasteiger partial charge is 0.287 e. The number of ether oxygens (including phenoxy) is 1. The van der Waals surface area contributed by atoms with E-state index in [2.05, 4.69) is 31.0 Å². The molecule has 1 fully saturated rings.